The summed E-state index contributed by atoms with van der Waals surface area (Å²) >= 11 is 0. The monoisotopic (exact) mass is 641 g/mol. The molecule has 0 bridgehead atoms. The van der Waals surface area contributed by atoms with Crippen molar-refractivity contribution < 1.29 is 4.74 Å². The second kappa shape index (κ2) is 11.5. The van der Waals surface area contributed by atoms with E-state index in [9.17, 15) is 5.26 Å². The number of ether oxygens (including phenoxy) is 1. The highest BCUT2D eigenvalue weighted by atomic mass is 16.5. The number of nitrogens with zero attached hydrogens (tertiary/aromatic N) is 3. The minimum atomic E-state index is -0.329. The zero-order valence-corrected chi connectivity index (χ0v) is 27.7. The molecule has 1 aliphatic rings. The Morgan fingerprint density at radius 3 is 1.98 bits per heavy atom. The molecule has 0 spiro atoms. The Hall–Kier alpha value is -6.57. The van der Waals surface area contributed by atoms with Crippen molar-refractivity contribution in [2.24, 2.45) is 0 Å². The van der Waals surface area contributed by atoms with Crippen LogP contribution in [0.5, 0.6) is 11.5 Å². The van der Waals surface area contributed by atoms with E-state index in [1.165, 1.54) is 16.5 Å². The summed E-state index contributed by atoms with van der Waals surface area (Å²) in [4.78, 5) is 10.3. The summed E-state index contributed by atoms with van der Waals surface area (Å²) in [7, 11) is 0. The molecule has 0 fully saturated rings. The topological polar surface area (TPSA) is 58.8 Å². The first-order valence-electron chi connectivity index (χ1n) is 16.8. The second-order valence-corrected chi connectivity index (χ2v) is 13.3. The van der Waals surface area contributed by atoms with Crippen LogP contribution in [0.4, 0.5) is 0 Å². The number of nitriles is 1. The van der Waals surface area contributed by atoms with Crippen LogP contribution in [0.1, 0.15) is 30.5 Å². The lowest BCUT2D eigenvalue weighted by molar-refractivity contribution is 0.419. The Morgan fingerprint density at radius 2 is 1.18 bits per heavy atom. The third-order valence-corrected chi connectivity index (χ3v) is 10.0. The molecule has 0 atom stereocenters. The van der Waals surface area contributed by atoms with Gasteiger partial charge < -0.3 is 4.74 Å². The summed E-state index contributed by atoms with van der Waals surface area (Å²) in [5.74, 6) is 2.31. The lowest BCUT2D eigenvalue weighted by Crippen LogP contribution is -2.24. The molecule has 236 valence electrons. The van der Waals surface area contributed by atoms with E-state index in [1.807, 2.05) is 24.3 Å². The van der Waals surface area contributed by atoms with E-state index in [0.29, 0.717) is 11.4 Å². The van der Waals surface area contributed by atoms with Gasteiger partial charge in [0.1, 0.15) is 11.5 Å². The van der Waals surface area contributed by atoms with Gasteiger partial charge in [-0.1, -0.05) is 141 Å². The maximum atomic E-state index is 9.52. The van der Waals surface area contributed by atoms with Crippen LogP contribution < -0.4 is 4.74 Å². The molecular formula is C46H31N3O. The van der Waals surface area contributed by atoms with Crippen LogP contribution in [0.3, 0.4) is 0 Å². The maximum absolute atomic E-state index is 9.52. The lowest BCUT2D eigenvalue weighted by Gasteiger charge is -2.35. The molecular weight excluding hydrogens is 611 g/mol. The van der Waals surface area contributed by atoms with Gasteiger partial charge in [-0.05, 0) is 51.7 Å². The van der Waals surface area contributed by atoms with Crippen LogP contribution in [-0.2, 0) is 5.41 Å². The molecule has 0 amide bonds. The van der Waals surface area contributed by atoms with Gasteiger partial charge >= 0.3 is 0 Å². The van der Waals surface area contributed by atoms with Crippen LogP contribution in [-0.4, -0.2) is 9.97 Å². The van der Waals surface area contributed by atoms with Crippen molar-refractivity contribution in [3.8, 4) is 62.5 Å². The van der Waals surface area contributed by atoms with E-state index in [-0.39, 0.29) is 5.41 Å². The fourth-order valence-electron chi connectivity index (χ4n) is 7.39. The van der Waals surface area contributed by atoms with Crippen LogP contribution in [0, 0.1) is 11.3 Å². The normalized spacial score (nSPS) is 12.9. The smallest absolute Gasteiger partial charge is 0.160 e. The summed E-state index contributed by atoms with van der Waals surface area (Å²) in [6.45, 7) is 4.38. The van der Waals surface area contributed by atoms with Gasteiger partial charge in [0.05, 0.1) is 22.8 Å². The fraction of sp³-hybridized carbons (Fsp3) is 0.0652. The van der Waals surface area contributed by atoms with Crippen molar-refractivity contribution in [1.29, 1.82) is 5.26 Å². The maximum Gasteiger partial charge on any atom is 0.160 e. The van der Waals surface area contributed by atoms with E-state index < -0.39 is 0 Å². The van der Waals surface area contributed by atoms with E-state index in [4.69, 9.17) is 14.7 Å². The molecule has 2 heterocycles. The molecule has 4 heteroatoms. The predicted octanol–water partition coefficient (Wildman–Crippen LogP) is 11.8. The third-order valence-electron chi connectivity index (χ3n) is 10.0. The standard InChI is InChI=1S/C46H31N3O/c1-46(2)39-19-10-15-34(44(39)50-42-26-21-29(28-47)27-40(42)46)31-22-24-32(25-23-31)45-48-41-20-7-6-13-38(41)43(49-45)37-18-9-16-35-33(14-8-17-36(35)37)30-11-4-3-5-12-30/h3-27H,1-2H3. The summed E-state index contributed by atoms with van der Waals surface area (Å²) in [6.07, 6.45) is 0. The Labute approximate surface area is 290 Å². The largest absolute Gasteiger partial charge is 0.456 e. The molecule has 4 nitrogen and oxygen atoms in total. The molecule has 9 rings (SSSR count). The lowest BCUT2D eigenvalue weighted by atomic mass is 9.74. The van der Waals surface area contributed by atoms with Gasteiger partial charge in [0.25, 0.3) is 0 Å². The van der Waals surface area contributed by atoms with Gasteiger partial charge in [0, 0.05) is 38.6 Å². The van der Waals surface area contributed by atoms with Crippen LogP contribution in [0.15, 0.2) is 152 Å². The Balaban J connectivity index is 1.14. The molecule has 8 aromatic rings. The van der Waals surface area contributed by atoms with Crippen molar-refractivity contribution in [3.05, 3.63) is 168 Å². The van der Waals surface area contributed by atoms with Gasteiger partial charge in [-0.2, -0.15) is 5.26 Å². The van der Waals surface area contributed by atoms with Gasteiger partial charge in [0.15, 0.2) is 5.82 Å². The highest BCUT2D eigenvalue weighted by Crippen LogP contribution is 2.51. The average Bonchev–Trinajstić information content (AvgIpc) is 3.17. The van der Waals surface area contributed by atoms with Crippen molar-refractivity contribution in [1.82, 2.24) is 9.97 Å². The molecule has 0 saturated carbocycles. The molecule has 0 N–H and O–H groups in total. The number of hydrogen-bond donors (Lipinski definition) is 0. The van der Waals surface area contributed by atoms with E-state index in [2.05, 4.69) is 147 Å². The van der Waals surface area contributed by atoms with Crippen LogP contribution >= 0.6 is 0 Å². The summed E-state index contributed by atoms with van der Waals surface area (Å²) in [5.41, 5.74) is 10.7. The molecule has 7 aromatic carbocycles. The quantitative estimate of drug-likeness (QED) is 0.192. The Morgan fingerprint density at radius 1 is 0.540 bits per heavy atom. The zero-order valence-electron chi connectivity index (χ0n) is 27.7. The molecule has 0 unspecified atom stereocenters. The number of fused-ring (bicyclic) bond motifs is 4. The molecule has 1 aliphatic heterocycles. The van der Waals surface area contributed by atoms with Gasteiger partial charge in [-0.15, -0.1) is 0 Å². The first-order valence-corrected chi connectivity index (χ1v) is 16.8. The van der Waals surface area contributed by atoms with Crippen LogP contribution in [0.25, 0.3) is 66.6 Å². The highest BCUT2D eigenvalue weighted by molar-refractivity contribution is 6.08. The molecule has 0 saturated heterocycles. The number of aromatic nitrogens is 2. The van der Waals surface area contributed by atoms with Crippen molar-refractivity contribution in [2.45, 2.75) is 19.3 Å². The summed E-state index contributed by atoms with van der Waals surface area (Å²) in [6, 6.07) is 54.5. The van der Waals surface area contributed by atoms with Gasteiger partial charge in [0.2, 0.25) is 0 Å². The minimum absolute atomic E-state index is 0.329. The predicted molar refractivity (Wildman–Crippen MR) is 202 cm³/mol. The summed E-state index contributed by atoms with van der Waals surface area (Å²) < 4.78 is 6.56. The first-order chi connectivity index (χ1) is 24.5. The van der Waals surface area contributed by atoms with Crippen molar-refractivity contribution >= 4 is 21.7 Å². The van der Waals surface area contributed by atoms with Crippen molar-refractivity contribution in [2.75, 3.05) is 0 Å². The summed E-state index contributed by atoms with van der Waals surface area (Å²) in [5, 5.41) is 12.9. The number of para-hydroxylation sites is 2. The number of hydrogen-bond acceptors (Lipinski definition) is 4. The van der Waals surface area contributed by atoms with Crippen molar-refractivity contribution in [3.63, 3.8) is 0 Å². The molecule has 0 aliphatic carbocycles. The highest BCUT2D eigenvalue weighted by Gasteiger charge is 2.35. The van der Waals surface area contributed by atoms with Gasteiger partial charge in [-0.25, -0.2) is 9.97 Å². The Kier molecular flexibility index (Phi) is 6.82. The van der Waals surface area contributed by atoms with E-state index in [0.717, 1.165) is 66.9 Å². The first kappa shape index (κ1) is 29.6. The van der Waals surface area contributed by atoms with E-state index in [1.54, 1.807) is 0 Å². The SMILES string of the molecule is CC1(C)c2cc(C#N)ccc2Oc2c(-c3ccc(-c4nc(-c5cccc6c(-c7ccccc7)cccc56)c5ccccc5n4)cc3)cccc21. The van der Waals surface area contributed by atoms with E-state index >= 15 is 0 Å². The second-order valence-electron chi connectivity index (χ2n) is 13.3. The van der Waals surface area contributed by atoms with Gasteiger partial charge in [-0.3, -0.25) is 0 Å². The molecule has 50 heavy (non-hydrogen) atoms. The third kappa shape index (κ3) is 4.75. The number of rotatable bonds is 4. The Bertz CT molecular complexity index is 2650. The fourth-order valence-corrected chi connectivity index (χ4v) is 7.39. The minimum Gasteiger partial charge on any atom is -0.456 e. The average molecular weight is 642 g/mol. The molecule has 0 radical (unpaired) electrons. The zero-order chi connectivity index (χ0) is 33.8. The number of benzene rings is 7. The molecule has 1 aromatic heterocycles. The van der Waals surface area contributed by atoms with Crippen LogP contribution in [0.2, 0.25) is 0 Å².